The second-order valence-electron chi connectivity index (χ2n) is 6.30. The van der Waals surface area contributed by atoms with Gasteiger partial charge in [0.1, 0.15) is 11.9 Å². The van der Waals surface area contributed by atoms with E-state index in [-0.39, 0.29) is 6.10 Å². The summed E-state index contributed by atoms with van der Waals surface area (Å²) in [5, 5.41) is 3.47. The van der Waals surface area contributed by atoms with E-state index in [1.165, 1.54) is 5.56 Å². The molecule has 3 heteroatoms. The van der Waals surface area contributed by atoms with Crippen molar-refractivity contribution in [2.75, 3.05) is 6.54 Å². The van der Waals surface area contributed by atoms with Crippen LogP contribution in [-0.4, -0.2) is 18.7 Å². The van der Waals surface area contributed by atoms with Crippen molar-refractivity contribution < 1.29 is 4.74 Å². The largest absolute Gasteiger partial charge is 0.489 e. The molecule has 0 radical (unpaired) electrons. The Balaban J connectivity index is 2.87. The number of halogens is 1. The maximum atomic E-state index is 6.29. The second-order valence-corrected chi connectivity index (χ2v) is 7.22. The van der Waals surface area contributed by atoms with Gasteiger partial charge in [-0.1, -0.05) is 57.5 Å². The molecule has 0 aliphatic heterocycles. The third-order valence-corrected chi connectivity index (χ3v) is 3.84. The van der Waals surface area contributed by atoms with Gasteiger partial charge in [0.25, 0.3) is 0 Å². The van der Waals surface area contributed by atoms with Crippen molar-refractivity contribution in [3.8, 4) is 5.75 Å². The summed E-state index contributed by atoms with van der Waals surface area (Å²) in [5.74, 6) is 1.94. The number of ether oxygens (including phenoxy) is 1. The molecule has 1 aromatic rings. The molecule has 0 saturated carbocycles. The summed E-state index contributed by atoms with van der Waals surface area (Å²) in [6.07, 6.45) is 0.191. The van der Waals surface area contributed by atoms with Crippen molar-refractivity contribution >= 4 is 15.9 Å². The summed E-state index contributed by atoms with van der Waals surface area (Å²) in [7, 11) is 0. The molecule has 0 aliphatic carbocycles. The van der Waals surface area contributed by atoms with E-state index in [4.69, 9.17) is 4.74 Å². The van der Waals surface area contributed by atoms with Crippen LogP contribution in [0.5, 0.6) is 5.75 Å². The first-order valence-electron chi connectivity index (χ1n) is 7.50. The molecule has 114 valence electrons. The van der Waals surface area contributed by atoms with Gasteiger partial charge in [0.05, 0.1) is 0 Å². The van der Waals surface area contributed by atoms with E-state index in [2.05, 4.69) is 81.0 Å². The van der Waals surface area contributed by atoms with Crippen LogP contribution in [0, 0.1) is 5.92 Å². The summed E-state index contributed by atoms with van der Waals surface area (Å²) >= 11 is 3.54. The summed E-state index contributed by atoms with van der Waals surface area (Å²) < 4.78 is 7.40. The molecule has 0 amide bonds. The Bertz CT molecular complexity index is 415. The molecule has 0 aliphatic rings. The summed E-state index contributed by atoms with van der Waals surface area (Å²) in [6, 6.07) is 6.76. The summed E-state index contributed by atoms with van der Waals surface area (Å²) in [6.45, 7) is 14.0. The molecule has 1 aromatic carbocycles. The van der Waals surface area contributed by atoms with Gasteiger partial charge in [-0.3, -0.25) is 0 Å². The Morgan fingerprint density at radius 3 is 2.25 bits per heavy atom. The molecule has 1 rings (SSSR count). The zero-order valence-electron chi connectivity index (χ0n) is 13.5. The van der Waals surface area contributed by atoms with Crippen LogP contribution >= 0.6 is 15.9 Å². The molecule has 0 bridgehead atoms. The molecule has 2 nitrogen and oxygen atoms in total. The predicted octanol–water partition coefficient (Wildman–Crippen LogP) is 4.97. The highest BCUT2D eigenvalue weighted by atomic mass is 79.9. The lowest BCUT2D eigenvalue weighted by molar-refractivity contribution is 0.144. The molecule has 1 unspecified atom stereocenters. The van der Waals surface area contributed by atoms with Gasteiger partial charge in [0, 0.05) is 17.1 Å². The first-order chi connectivity index (χ1) is 9.31. The molecule has 0 saturated heterocycles. The molecule has 0 heterocycles. The normalized spacial score (nSPS) is 13.3. The number of nitrogens with one attached hydrogen (secondary N) is 1. The van der Waals surface area contributed by atoms with Crippen LogP contribution in [-0.2, 0) is 0 Å². The number of hydrogen-bond donors (Lipinski definition) is 1. The van der Waals surface area contributed by atoms with Gasteiger partial charge < -0.3 is 10.1 Å². The van der Waals surface area contributed by atoms with Crippen molar-refractivity contribution in [1.82, 2.24) is 5.32 Å². The van der Waals surface area contributed by atoms with E-state index in [1.807, 2.05) is 0 Å². The first kappa shape index (κ1) is 17.5. The highest BCUT2D eigenvalue weighted by molar-refractivity contribution is 9.10. The lowest BCUT2D eigenvalue weighted by Crippen LogP contribution is -2.38. The van der Waals surface area contributed by atoms with Crippen LogP contribution in [0.3, 0.4) is 0 Å². The minimum absolute atomic E-state index is 0.191. The maximum Gasteiger partial charge on any atom is 0.123 e. The van der Waals surface area contributed by atoms with E-state index in [0.717, 1.165) is 16.8 Å². The van der Waals surface area contributed by atoms with Crippen LogP contribution in [0.15, 0.2) is 22.7 Å². The third kappa shape index (κ3) is 5.45. The monoisotopic (exact) mass is 341 g/mol. The van der Waals surface area contributed by atoms with Gasteiger partial charge >= 0.3 is 0 Å². The quantitative estimate of drug-likeness (QED) is 0.755. The van der Waals surface area contributed by atoms with Crippen molar-refractivity contribution in [2.24, 2.45) is 5.92 Å². The van der Waals surface area contributed by atoms with Gasteiger partial charge in [-0.15, -0.1) is 0 Å². The van der Waals surface area contributed by atoms with Crippen molar-refractivity contribution in [3.05, 3.63) is 28.2 Å². The predicted molar refractivity (Wildman–Crippen MR) is 90.6 cm³/mol. The lowest BCUT2D eigenvalue weighted by Gasteiger charge is -2.26. The number of benzene rings is 1. The van der Waals surface area contributed by atoms with E-state index in [0.29, 0.717) is 17.9 Å². The topological polar surface area (TPSA) is 21.3 Å². The second kappa shape index (κ2) is 8.04. The van der Waals surface area contributed by atoms with Gasteiger partial charge in [0.15, 0.2) is 0 Å². The Labute approximate surface area is 132 Å². The van der Waals surface area contributed by atoms with Gasteiger partial charge in [-0.25, -0.2) is 0 Å². The minimum Gasteiger partial charge on any atom is -0.489 e. The third-order valence-electron chi connectivity index (χ3n) is 3.34. The maximum absolute atomic E-state index is 6.29. The Morgan fingerprint density at radius 2 is 1.75 bits per heavy atom. The van der Waals surface area contributed by atoms with Crippen molar-refractivity contribution in [3.63, 3.8) is 0 Å². The van der Waals surface area contributed by atoms with E-state index >= 15 is 0 Å². The zero-order chi connectivity index (χ0) is 15.3. The van der Waals surface area contributed by atoms with Crippen LogP contribution in [0.1, 0.15) is 53.0 Å². The fraction of sp³-hybridized carbons (Fsp3) is 0.647. The fourth-order valence-corrected chi connectivity index (χ4v) is 2.39. The van der Waals surface area contributed by atoms with Crippen molar-refractivity contribution in [1.29, 1.82) is 0 Å². The van der Waals surface area contributed by atoms with Crippen LogP contribution < -0.4 is 10.1 Å². The van der Waals surface area contributed by atoms with Gasteiger partial charge in [0.2, 0.25) is 0 Å². The van der Waals surface area contributed by atoms with Crippen LogP contribution in [0.25, 0.3) is 0 Å². The molecular formula is C17H28BrNO. The Morgan fingerprint density at radius 1 is 1.10 bits per heavy atom. The Kier molecular flexibility index (Phi) is 7.04. The lowest BCUT2D eigenvalue weighted by atomic mass is 10.0. The number of hydrogen-bond acceptors (Lipinski definition) is 2. The highest BCUT2D eigenvalue weighted by Crippen LogP contribution is 2.30. The highest BCUT2D eigenvalue weighted by Gasteiger charge is 2.18. The molecule has 0 spiro atoms. The van der Waals surface area contributed by atoms with E-state index < -0.39 is 0 Å². The average molecular weight is 342 g/mol. The molecular weight excluding hydrogens is 314 g/mol. The summed E-state index contributed by atoms with van der Waals surface area (Å²) in [5.41, 5.74) is 1.26. The molecule has 0 aromatic heterocycles. The standard InChI is InChI=1S/C17H28BrNO/c1-11(2)15-9-14(18)7-8-16(15)20-17(12(3)4)10-19-13(5)6/h7-9,11-13,17,19H,10H2,1-6H3. The zero-order valence-corrected chi connectivity index (χ0v) is 15.1. The molecule has 1 N–H and O–H groups in total. The summed E-state index contributed by atoms with van der Waals surface area (Å²) in [4.78, 5) is 0. The SMILES string of the molecule is CC(C)NCC(Oc1ccc(Br)cc1C(C)C)C(C)C. The first-order valence-corrected chi connectivity index (χ1v) is 8.30. The van der Waals surface area contributed by atoms with Crippen molar-refractivity contribution in [2.45, 2.75) is 59.6 Å². The van der Waals surface area contributed by atoms with Crippen LogP contribution in [0.2, 0.25) is 0 Å². The molecule has 20 heavy (non-hydrogen) atoms. The Hall–Kier alpha value is -0.540. The van der Waals surface area contributed by atoms with Crippen LogP contribution in [0.4, 0.5) is 0 Å². The van der Waals surface area contributed by atoms with Gasteiger partial charge in [-0.2, -0.15) is 0 Å². The number of rotatable bonds is 7. The van der Waals surface area contributed by atoms with E-state index in [9.17, 15) is 0 Å². The molecule has 1 atom stereocenters. The van der Waals surface area contributed by atoms with Gasteiger partial charge in [-0.05, 0) is 35.6 Å². The fourth-order valence-electron chi connectivity index (χ4n) is 2.01. The smallest absolute Gasteiger partial charge is 0.123 e. The minimum atomic E-state index is 0.191. The molecule has 0 fully saturated rings. The average Bonchev–Trinajstić information content (AvgIpc) is 2.35. The van der Waals surface area contributed by atoms with E-state index in [1.54, 1.807) is 0 Å².